The van der Waals surface area contributed by atoms with Crippen LogP contribution in [0.1, 0.15) is 63.0 Å². The molecule has 0 saturated heterocycles. The Hall–Kier alpha value is -3.78. The average molecular weight is 507 g/mol. The molecule has 9 heteroatoms. The van der Waals surface area contributed by atoms with E-state index in [-0.39, 0.29) is 16.7 Å². The summed E-state index contributed by atoms with van der Waals surface area (Å²) in [5.41, 5.74) is 3.08. The molecule has 0 unspecified atom stereocenters. The van der Waals surface area contributed by atoms with Gasteiger partial charge in [0, 0.05) is 22.7 Å². The zero-order valence-electron chi connectivity index (χ0n) is 21.0. The molecule has 0 spiro atoms. The van der Waals surface area contributed by atoms with E-state index < -0.39 is 16.3 Å². The molecule has 3 aromatic carbocycles. The van der Waals surface area contributed by atoms with Crippen LogP contribution in [0.25, 0.3) is 16.7 Å². The molecule has 0 fully saturated rings. The van der Waals surface area contributed by atoms with Crippen LogP contribution < -0.4 is 4.74 Å². The summed E-state index contributed by atoms with van der Waals surface area (Å²) in [6.07, 6.45) is 0. The molecule has 0 aliphatic rings. The number of benzene rings is 3. The highest BCUT2D eigenvalue weighted by Gasteiger charge is 2.29. The first-order valence-electron chi connectivity index (χ1n) is 11.4. The number of carbonyl (C=O) groups excluding carboxylic acids is 1. The Morgan fingerprint density at radius 2 is 1.56 bits per heavy atom. The molecule has 1 aromatic heterocycles. The Balaban J connectivity index is 1.92. The smallest absolute Gasteiger partial charge is 0.343 e. The fourth-order valence-electron chi connectivity index (χ4n) is 3.73. The van der Waals surface area contributed by atoms with Crippen LogP contribution in [-0.4, -0.2) is 25.9 Å². The van der Waals surface area contributed by atoms with Crippen molar-refractivity contribution in [2.24, 2.45) is 0 Å². The number of carbonyl (C=O) groups is 1. The number of nitrogens with zero attached hydrogens (tertiary/aromatic N) is 4. The molecular weight excluding hydrogens is 480 g/mol. The Morgan fingerprint density at radius 3 is 2.14 bits per heavy atom. The first-order chi connectivity index (χ1) is 16.7. The summed E-state index contributed by atoms with van der Waals surface area (Å²) >= 11 is 6.15. The number of fused-ring (bicyclic) bond motifs is 1. The van der Waals surface area contributed by atoms with Gasteiger partial charge in [0.05, 0.1) is 10.5 Å². The van der Waals surface area contributed by atoms with Gasteiger partial charge in [-0.05, 0) is 52.8 Å². The standard InChI is InChI=1S/C27H27ClN4O4/c1-26(2,3)17-13-20(27(4,5)6)24(36-25(33)16-7-10-19(11-8-16)32(34)35)23(14-17)31-29-21-12-9-18(28)15-22(21)30-31/h7-15H,1-6H3. The van der Waals surface area contributed by atoms with Gasteiger partial charge in [0.15, 0.2) is 5.75 Å². The fourth-order valence-corrected chi connectivity index (χ4v) is 3.89. The second-order valence-electron chi connectivity index (χ2n) is 10.7. The molecule has 0 radical (unpaired) electrons. The number of rotatable bonds is 4. The number of non-ortho nitro benzene ring substituents is 1. The molecule has 186 valence electrons. The zero-order valence-corrected chi connectivity index (χ0v) is 21.8. The van der Waals surface area contributed by atoms with E-state index in [0.29, 0.717) is 27.5 Å². The number of ether oxygens (including phenoxy) is 1. The molecule has 0 aliphatic carbocycles. The minimum absolute atomic E-state index is 0.108. The molecular formula is C27H27ClN4O4. The summed E-state index contributed by atoms with van der Waals surface area (Å²) in [7, 11) is 0. The lowest BCUT2D eigenvalue weighted by molar-refractivity contribution is -0.384. The molecule has 0 N–H and O–H groups in total. The van der Waals surface area contributed by atoms with Crippen molar-refractivity contribution in [3.05, 3.63) is 86.4 Å². The molecule has 36 heavy (non-hydrogen) atoms. The van der Waals surface area contributed by atoms with Crippen LogP contribution in [-0.2, 0) is 10.8 Å². The predicted molar refractivity (Wildman–Crippen MR) is 139 cm³/mol. The average Bonchev–Trinajstić information content (AvgIpc) is 3.20. The maximum absolute atomic E-state index is 13.2. The van der Waals surface area contributed by atoms with Crippen molar-refractivity contribution in [1.29, 1.82) is 0 Å². The number of nitro benzene ring substituents is 1. The monoisotopic (exact) mass is 506 g/mol. The lowest BCUT2D eigenvalue weighted by Gasteiger charge is -2.28. The first kappa shape index (κ1) is 25.3. The van der Waals surface area contributed by atoms with Crippen molar-refractivity contribution in [2.75, 3.05) is 0 Å². The maximum atomic E-state index is 13.2. The van der Waals surface area contributed by atoms with Crippen molar-refractivity contribution in [3.63, 3.8) is 0 Å². The molecule has 0 atom stereocenters. The largest absolute Gasteiger partial charge is 0.420 e. The molecule has 0 amide bonds. The van der Waals surface area contributed by atoms with Crippen LogP contribution in [0.4, 0.5) is 5.69 Å². The van der Waals surface area contributed by atoms with Crippen molar-refractivity contribution < 1.29 is 14.5 Å². The van der Waals surface area contributed by atoms with Gasteiger partial charge in [-0.25, -0.2) is 4.79 Å². The van der Waals surface area contributed by atoms with Gasteiger partial charge < -0.3 is 4.74 Å². The molecule has 0 aliphatic heterocycles. The van der Waals surface area contributed by atoms with Crippen LogP contribution >= 0.6 is 11.6 Å². The highest BCUT2D eigenvalue weighted by atomic mass is 35.5. The van der Waals surface area contributed by atoms with E-state index in [0.717, 1.165) is 11.1 Å². The SMILES string of the molecule is CC(C)(C)c1cc(-n2nc3ccc(Cl)cc3n2)c(OC(=O)c2ccc([N+](=O)[O-])cc2)c(C(C)(C)C)c1. The van der Waals surface area contributed by atoms with Crippen molar-refractivity contribution in [1.82, 2.24) is 15.0 Å². The third kappa shape index (κ3) is 5.09. The third-order valence-corrected chi connectivity index (χ3v) is 6.04. The first-order valence-corrected chi connectivity index (χ1v) is 11.8. The summed E-state index contributed by atoms with van der Waals surface area (Å²) in [6, 6.07) is 14.5. The Labute approximate surface area is 214 Å². The van der Waals surface area contributed by atoms with Gasteiger partial charge in [-0.2, -0.15) is 0 Å². The summed E-state index contributed by atoms with van der Waals surface area (Å²) in [5, 5.41) is 20.8. The minimum Gasteiger partial charge on any atom is -0.420 e. The van der Waals surface area contributed by atoms with Crippen LogP contribution in [0.15, 0.2) is 54.6 Å². The van der Waals surface area contributed by atoms with Crippen molar-refractivity contribution in [3.8, 4) is 11.4 Å². The third-order valence-electron chi connectivity index (χ3n) is 5.81. The molecule has 0 bridgehead atoms. The Kier molecular flexibility index (Phi) is 6.34. The number of aromatic nitrogens is 3. The Bertz CT molecular complexity index is 1480. The van der Waals surface area contributed by atoms with E-state index >= 15 is 0 Å². The number of esters is 1. The van der Waals surface area contributed by atoms with E-state index in [9.17, 15) is 14.9 Å². The second-order valence-corrected chi connectivity index (χ2v) is 11.1. The number of hydrogen-bond acceptors (Lipinski definition) is 6. The van der Waals surface area contributed by atoms with Crippen molar-refractivity contribution in [2.45, 2.75) is 52.4 Å². The van der Waals surface area contributed by atoms with Gasteiger partial charge in [0.25, 0.3) is 5.69 Å². The van der Waals surface area contributed by atoms with Gasteiger partial charge >= 0.3 is 5.97 Å². The highest BCUT2D eigenvalue weighted by molar-refractivity contribution is 6.31. The summed E-state index contributed by atoms with van der Waals surface area (Å²) in [6.45, 7) is 12.4. The number of hydrogen-bond donors (Lipinski definition) is 0. The van der Waals surface area contributed by atoms with E-state index in [1.54, 1.807) is 18.2 Å². The summed E-state index contributed by atoms with van der Waals surface area (Å²) in [5.74, 6) is -0.315. The lowest BCUT2D eigenvalue weighted by Crippen LogP contribution is -2.22. The molecule has 0 saturated carbocycles. The van der Waals surface area contributed by atoms with Crippen molar-refractivity contribution >= 4 is 34.3 Å². The van der Waals surface area contributed by atoms with Crippen LogP contribution in [0.3, 0.4) is 0 Å². The molecule has 4 aromatic rings. The zero-order chi connectivity index (χ0) is 26.4. The molecule has 1 heterocycles. The lowest BCUT2D eigenvalue weighted by atomic mass is 9.79. The van der Waals surface area contributed by atoms with Crippen LogP contribution in [0.2, 0.25) is 5.02 Å². The molecule has 4 rings (SSSR count). The fraction of sp³-hybridized carbons (Fsp3) is 0.296. The molecule has 8 nitrogen and oxygen atoms in total. The number of nitro groups is 1. The minimum atomic E-state index is -0.639. The number of halogens is 1. The normalized spacial score (nSPS) is 12.1. The quantitative estimate of drug-likeness (QED) is 0.131. The highest BCUT2D eigenvalue weighted by Crippen LogP contribution is 2.40. The van der Waals surface area contributed by atoms with Crippen LogP contribution in [0.5, 0.6) is 5.75 Å². The van der Waals surface area contributed by atoms with Gasteiger partial charge in [-0.3, -0.25) is 10.1 Å². The van der Waals surface area contributed by atoms with Crippen LogP contribution in [0, 0.1) is 10.1 Å². The second kappa shape index (κ2) is 9.02. The summed E-state index contributed by atoms with van der Waals surface area (Å²) in [4.78, 5) is 25.1. The van der Waals surface area contributed by atoms with Gasteiger partial charge in [0.1, 0.15) is 16.7 Å². The maximum Gasteiger partial charge on any atom is 0.343 e. The van der Waals surface area contributed by atoms with E-state index in [1.807, 2.05) is 32.9 Å². The van der Waals surface area contributed by atoms with Gasteiger partial charge in [0.2, 0.25) is 0 Å². The van der Waals surface area contributed by atoms with E-state index in [4.69, 9.17) is 16.3 Å². The Morgan fingerprint density at radius 1 is 0.917 bits per heavy atom. The summed E-state index contributed by atoms with van der Waals surface area (Å²) < 4.78 is 6.00. The topological polar surface area (TPSA) is 100 Å². The van der Waals surface area contributed by atoms with E-state index in [1.165, 1.54) is 29.1 Å². The van der Waals surface area contributed by atoms with Gasteiger partial charge in [-0.1, -0.05) is 59.2 Å². The van der Waals surface area contributed by atoms with Gasteiger partial charge in [-0.15, -0.1) is 15.0 Å². The predicted octanol–water partition coefficient (Wildman–Crippen LogP) is 6.80. The van der Waals surface area contributed by atoms with E-state index in [2.05, 4.69) is 31.0 Å².